The van der Waals surface area contributed by atoms with Gasteiger partial charge in [-0.2, -0.15) is 0 Å². The molecule has 0 aliphatic carbocycles. The van der Waals surface area contributed by atoms with Gasteiger partial charge in [0.15, 0.2) is 0 Å². The van der Waals surface area contributed by atoms with Gasteiger partial charge in [-0.05, 0) is 37.5 Å². The third kappa shape index (κ3) is 4.24. The van der Waals surface area contributed by atoms with Crippen LogP contribution >= 0.6 is 11.6 Å². The largest absolute Gasteiger partial charge is 0.396 e. The smallest absolute Gasteiger partial charge is 0.225 e. The third-order valence-electron chi connectivity index (χ3n) is 4.21. The van der Waals surface area contributed by atoms with Crippen LogP contribution < -0.4 is 5.32 Å². The standard InChI is InChI=1S/C17H23ClN2O3/c1-2-20-15(22)8-7-14(17(23)19-9-4-10-21)16(20)12-5-3-6-13(18)11-12/h3,5-6,11,14,16,21H,2,4,7-10H2,1H3,(H,19,23)/t14-,16+/m1/s1. The molecule has 1 aliphatic heterocycles. The van der Waals surface area contributed by atoms with Crippen molar-refractivity contribution in [2.24, 2.45) is 5.92 Å². The lowest BCUT2D eigenvalue weighted by Gasteiger charge is -2.40. The monoisotopic (exact) mass is 338 g/mol. The number of aliphatic hydroxyl groups is 1. The average Bonchev–Trinajstić information content (AvgIpc) is 2.54. The lowest BCUT2D eigenvalue weighted by atomic mass is 9.83. The summed E-state index contributed by atoms with van der Waals surface area (Å²) in [4.78, 5) is 26.6. The number of hydrogen-bond acceptors (Lipinski definition) is 3. The highest BCUT2D eigenvalue weighted by Crippen LogP contribution is 2.37. The van der Waals surface area contributed by atoms with Gasteiger partial charge in [0, 0.05) is 31.1 Å². The molecule has 1 saturated heterocycles. The predicted octanol–water partition coefficient (Wildman–Crippen LogP) is 2.14. The van der Waals surface area contributed by atoms with Crippen LogP contribution in [-0.4, -0.2) is 41.5 Å². The quantitative estimate of drug-likeness (QED) is 0.781. The second kappa shape index (κ2) is 8.31. The van der Waals surface area contributed by atoms with E-state index in [1.54, 1.807) is 11.0 Å². The molecule has 6 heteroatoms. The maximum atomic E-state index is 12.5. The molecule has 0 radical (unpaired) electrons. The fraction of sp³-hybridized carbons (Fsp3) is 0.529. The molecule has 0 bridgehead atoms. The molecule has 0 unspecified atom stereocenters. The van der Waals surface area contributed by atoms with Gasteiger partial charge in [0.1, 0.15) is 0 Å². The van der Waals surface area contributed by atoms with E-state index in [9.17, 15) is 9.59 Å². The van der Waals surface area contributed by atoms with Gasteiger partial charge in [0.25, 0.3) is 0 Å². The van der Waals surface area contributed by atoms with Crippen LogP contribution in [0.3, 0.4) is 0 Å². The van der Waals surface area contributed by atoms with Gasteiger partial charge in [-0.25, -0.2) is 0 Å². The Bertz CT molecular complexity index is 565. The Balaban J connectivity index is 2.27. The molecule has 23 heavy (non-hydrogen) atoms. The van der Waals surface area contributed by atoms with Gasteiger partial charge >= 0.3 is 0 Å². The normalized spacial score (nSPS) is 21.3. The van der Waals surface area contributed by atoms with Crippen LogP contribution in [0, 0.1) is 5.92 Å². The van der Waals surface area contributed by atoms with E-state index in [-0.39, 0.29) is 30.4 Å². The summed E-state index contributed by atoms with van der Waals surface area (Å²) in [6, 6.07) is 7.05. The molecular formula is C17H23ClN2O3. The van der Waals surface area contributed by atoms with E-state index >= 15 is 0 Å². The topological polar surface area (TPSA) is 69.6 Å². The van der Waals surface area contributed by atoms with Crippen molar-refractivity contribution in [1.82, 2.24) is 10.2 Å². The van der Waals surface area contributed by atoms with Crippen LogP contribution in [-0.2, 0) is 9.59 Å². The van der Waals surface area contributed by atoms with Crippen LogP contribution in [0.15, 0.2) is 24.3 Å². The fourth-order valence-corrected chi connectivity index (χ4v) is 3.32. The second-order valence-electron chi connectivity index (χ2n) is 5.69. The van der Waals surface area contributed by atoms with Gasteiger partial charge < -0.3 is 15.3 Å². The van der Waals surface area contributed by atoms with Gasteiger partial charge in [0.2, 0.25) is 11.8 Å². The van der Waals surface area contributed by atoms with Crippen LogP contribution in [0.4, 0.5) is 0 Å². The van der Waals surface area contributed by atoms with E-state index in [2.05, 4.69) is 5.32 Å². The van der Waals surface area contributed by atoms with Crippen molar-refractivity contribution < 1.29 is 14.7 Å². The van der Waals surface area contributed by atoms with Gasteiger partial charge in [0.05, 0.1) is 12.0 Å². The number of nitrogens with one attached hydrogen (secondary N) is 1. The predicted molar refractivity (Wildman–Crippen MR) is 89.0 cm³/mol. The Morgan fingerprint density at radius 3 is 2.91 bits per heavy atom. The molecule has 2 amide bonds. The maximum absolute atomic E-state index is 12.5. The van der Waals surface area contributed by atoms with E-state index in [1.807, 2.05) is 25.1 Å². The first-order chi connectivity index (χ1) is 11.1. The Kier molecular flexibility index (Phi) is 6.42. The lowest BCUT2D eigenvalue weighted by molar-refractivity contribution is -0.143. The number of amides is 2. The molecular weight excluding hydrogens is 316 g/mol. The molecule has 1 aliphatic rings. The van der Waals surface area contributed by atoms with E-state index in [1.165, 1.54) is 0 Å². The van der Waals surface area contributed by atoms with Gasteiger partial charge in [-0.1, -0.05) is 23.7 Å². The summed E-state index contributed by atoms with van der Waals surface area (Å²) in [5.74, 6) is -0.309. The molecule has 1 aromatic carbocycles. The summed E-state index contributed by atoms with van der Waals surface area (Å²) >= 11 is 6.09. The molecule has 1 heterocycles. The summed E-state index contributed by atoms with van der Waals surface area (Å²) in [5.41, 5.74) is 0.884. The number of halogens is 1. The van der Waals surface area contributed by atoms with E-state index in [4.69, 9.17) is 16.7 Å². The number of benzene rings is 1. The van der Waals surface area contributed by atoms with E-state index in [0.717, 1.165) is 5.56 Å². The molecule has 0 spiro atoms. The van der Waals surface area contributed by atoms with Crippen LogP contribution in [0.5, 0.6) is 0 Å². The number of likely N-dealkylation sites (tertiary alicyclic amines) is 1. The summed E-state index contributed by atoms with van der Waals surface area (Å²) in [6.07, 6.45) is 1.43. The highest BCUT2D eigenvalue weighted by Gasteiger charge is 2.39. The zero-order valence-corrected chi connectivity index (χ0v) is 14.1. The zero-order valence-electron chi connectivity index (χ0n) is 13.3. The van der Waals surface area contributed by atoms with Crippen molar-refractivity contribution in [3.05, 3.63) is 34.9 Å². The Hall–Kier alpha value is -1.59. The lowest BCUT2D eigenvalue weighted by Crippen LogP contribution is -2.48. The summed E-state index contributed by atoms with van der Waals surface area (Å²) in [7, 11) is 0. The van der Waals surface area contributed by atoms with E-state index < -0.39 is 0 Å². The van der Waals surface area contributed by atoms with Crippen LogP contribution in [0.25, 0.3) is 0 Å². The summed E-state index contributed by atoms with van der Waals surface area (Å²) < 4.78 is 0. The van der Waals surface area contributed by atoms with Crippen LogP contribution in [0.1, 0.15) is 37.8 Å². The minimum absolute atomic E-state index is 0.0439. The van der Waals surface area contributed by atoms with Crippen molar-refractivity contribution in [3.63, 3.8) is 0 Å². The summed E-state index contributed by atoms with van der Waals surface area (Å²) in [5, 5.41) is 12.3. The average molecular weight is 339 g/mol. The van der Waals surface area contributed by atoms with Crippen molar-refractivity contribution in [1.29, 1.82) is 0 Å². The first-order valence-electron chi connectivity index (χ1n) is 8.02. The van der Waals surface area contributed by atoms with Crippen molar-refractivity contribution in [2.45, 2.75) is 32.2 Å². The summed E-state index contributed by atoms with van der Waals surface area (Å²) in [6.45, 7) is 2.95. The van der Waals surface area contributed by atoms with Crippen LogP contribution in [0.2, 0.25) is 5.02 Å². The number of aliphatic hydroxyl groups excluding tert-OH is 1. The molecule has 1 fully saturated rings. The zero-order chi connectivity index (χ0) is 16.8. The molecule has 1 aromatic rings. The second-order valence-corrected chi connectivity index (χ2v) is 6.13. The highest BCUT2D eigenvalue weighted by molar-refractivity contribution is 6.30. The maximum Gasteiger partial charge on any atom is 0.225 e. The molecule has 2 N–H and O–H groups in total. The minimum atomic E-state index is -0.301. The van der Waals surface area contributed by atoms with Crippen molar-refractivity contribution >= 4 is 23.4 Å². The van der Waals surface area contributed by atoms with Gasteiger partial charge in [-0.15, -0.1) is 0 Å². The first kappa shape index (κ1) is 17.8. The number of nitrogens with zero attached hydrogens (tertiary/aromatic N) is 1. The number of rotatable bonds is 6. The first-order valence-corrected chi connectivity index (χ1v) is 8.39. The highest BCUT2D eigenvalue weighted by atomic mass is 35.5. The number of carbonyl (C=O) groups excluding carboxylic acids is 2. The molecule has 2 atom stereocenters. The number of piperidine rings is 1. The fourth-order valence-electron chi connectivity index (χ4n) is 3.12. The third-order valence-corrected chi connectivity index (χ3v) is 4.44. The Morgan fingerprint density at radius 2 is 2.26 bits per heavy atom. The Labute approximate surface area is 141 Å². The molecule has 2 rings (SSSR count). The molecule has 126 valence electrons. The van der Waals surface area contributed by atoms with Crippen molar-refractivity contribution in [3.8, 4) is 0 Å². The molecule has 0 saturated carbocycles. The van der Waals surface area contributed by atoms with Gasteiger partial charge in [-0.3, -0.25) is 9.59 Å². The Morgan fingerprint density at radius 1 is 1.48 bits per heavy atom. The number of hydrogen-bond donors (Lipinski definition) is 2. The molecule has 5 nitrogen and oxygen atoms in total. The minimum Gasteiger partial charge on any atom is -0.396 e. The van der Waals surface area contributed by atoms with Crippen molar-refractivity contribution in [2.75, 3.05) is 19.7 Å². The number of carbonyl (C=O) groups is 2. The van der Waals surface area contributed by atoms with E-state index in [0.29, 0.717) is 37.4 Å². The SMILES string of the molecule is CCN1C(=O)CC[C@@H](C(=O)NCCCO)[C@@H]1c1cccc(Cl)c1. The molecule has 0 aromatic heterocycles.